The fourth-order valence-electron chi connectivity index (χ4n) is 2.83. The van der Waals surface area contributed by atoms with Gasteiger partial charge in [0.15, 0.2) is 23.3 Å². The Morgan fingerprint density at radius 1 is 1.29 bits per heavy atom. The Balaban J connectivity index is 1.86. The van der Waals surface area contributed by atoms with Gasteiger partial charge >= 0.3 is 5.97 Å². The molecule has 0 atom stereocenters. The largest absolute Gasteiger partial charge is 0.493 e. The summed E-state index contributed by atoms with van der Waals surface area (Å²) in [6.07, 6.45) is 1.65. The van der Waals surface area contributed by atoms with Crippen molar-refractivity contribution in [3.8, 4) is 11.5 Å². The third kappa shape index (κ3) is 5.61. The number of hydrogen-bond donors (Lipinski definition) is 2. The Morgan fingerprint density at radius 2 is 1.97 bits per heavy atom. The number of aryl methyl sites for hydroxylation is 2. The molecule has 1 amide bonds. The van der Waals surface area contributed by atoms with Crippen LogP contribution >= 0.6 is 39.3 Å². The number of carboxylic acids is 1. The van der Waals surface area contributed by atoms with Crippen molar-refractivity contribution < 1.29 is 24.2 Å². The molecule has 0 spiro atoms. The molecule has 0 aliphatic carbocycles. The van der Waals surface area contributed by atoms with Crippen molar-refractivity contribution in [2.75, 3.05) is 13.7 Å². The van der Waals surface area contributed by atoms with E-state index in [4.69, 9.17) is 26.2 Å². The average Bonchev–Trinajstić information content (AvgIpc) is 3.03. The van der Waals surface area contributed by atoms with Crippen LogP contribution in [0.4, 0.5) is 5.69 Å². The summed E-state index contributed by atoms with van der Waals surface area (Å²) in [5.41, 5.74) is 3.44. The van der Waals surface area contributed by atoms with E-state index in [0.717, 1.165) is 21.3 Å². The van der Waals surface area contributed by atoms with Crippen LogP contribution in [0, 0.1) is 13.8 Å². The number of hydrogen-bond acceptors (Lipinski definition) is 6. The first-order chi connectivity index (χ1) is 14.7. The Morgan fingerprint density at radius 3 is 2.58 bits per heavy atom. The second kappa shape index (κ2) is 9.76. The van der Waals surface area contributed by atoms with Crippen molar-refractivity contribution in [1.29, 1.82) is 0 Å². The first kappa shape index (κ1) is 23.2. The van der Waals surface area contributed by atoms with Gasteiger partial charge in [-0.15, -0.1) is 0 Å². The summed E-state index contributed by atoms with van der Waals surface area (Å²) in [6.45, 7) is 3.41. The van der Waals surface area contributed by atoms with Gasteiger partial charge in [0.2, 0.25) is 0 Å². The van der Waals surface area contributed by atoms with E-state index in [1.54, 1.807) is 18.2 Å². The predicted molar refractivity (Wildman–Crippen MR) is 126 cm³/mol. The molecule has 7 nitrogen and oxygen atoms in total. The summed E-state index contributed by atoms with van der Waals surface area (Å²) in [5, 5.41) is 12.2. The van der Waals surface area contributed by atoms with Crippen LogP contribution < -0.4 is 14.8 Å². The average molecular weight is 526 g/mol. The predicted octanol–water partition coefficient (Wildman–Crippen LogP) is 5.08. The summed E-state index contributed by atoms with van der Waals surface area (Å²) in [6, 6.07) is 7.04. The van der Waals surface area contributed by atoms with Gasteiger partial charge in [0, 0.05) is 4.47 Å². The van der Waals surface area contributed by atoms with Gasteiger partial charge in [-0.2, -0.15) is 0 Å². The lowest BCUT2D eigenvalue weighted by molar-refractivity contribution is -0.139. The maximum atomic E-state index is 12.4. The maximum absolute atomic E-state index is 12.4. The molecule has 1 fully saturated rings. The van der Waals surface area contributed by atoms with E-state index in [1.807, 2.05) is 26.0 Å². The zero-order valence-corrected chi connectivity index (χ0v) is 19.9. The number of nitrogens with one attached hydrogen (secondary N) is 1. The van der Waals surface area contributed by atoms with Crippen molar-refractivity contribution in [2.45, 2.75) is 13.8 Å². The van der Waals surface area contributed by atoms with Gasteiger partial charge in [0.1, 0.15) is 0 Å². The van der Waals surface area contributed by atoms with Crippen LogP contribution in [-0.4, -0.2) is 35.9 Å². The number of halogens is 2. The highest BCUT2D eigenvalue weighted by atomic mass is 79.9. The number of thioether (sulfide) groups is 1. The van der Waals surface area contributed by atoms with Gasteiger partial charge in [-0.3, -0.25) is 4.79 Å². The standard InChI is InChI=1S/C21H18BrClN2O5S/c1-10-4-13(5-11(2)18(10)22)24-21-25-20(28)16(31-21)8-12-6-14(23)19(15(7-12)29-3)30-9-17(26)27/h4-8H,9H2,1-3H3,(H,26,27)(H,24,25,28)/b16-8-. The number of benzene rings is 2. The molecule has 0 aromatic heterocycles. The highest BCUT2D eigenvalue weighted by molar-refractivity contribution is 9.10. The van der Waals surface area contributed by atoms with E-state index in [0.29, 0.717) is 15.6 Å². The molecule has 10 heteroatoms. The fourth-order valence-corrected chi connectivity index (χ4v) is 4.18. The molecule has 162 valence electrons. The van der Waals surface area contributed by atoms with Crippen LogP contribution in [0.1, 0.15) is 16.7 Å². The van der Waals surface area contributed by atoms with Crippen molar-refractivity contribution in [3.63, 3.8) is 0 Å². The normalized spacial score (nSPS) is 16.0. The minimum atomic E-state index is -1.13. The quantitative estimate of drug-likeness (QED) is 0.510. The van der Waals surface area contributed by atoms with E-state index in [-0.39, 0.29) is 22.4 Å². The van der Waals surface area contributed by atoms with Crippen LogP contribution in [0.15, 0.2) is 38.6 Å². The number of carbonyl (C=O) groups excluding carboxylic acids is 1. The molecule has 1 heterocycles. The van der Waals surface area contributed by atoms with Crippen molar-refractivity contribution >= 4 is 68.1 Å². The molecule has 3 rings (SSSR count). The Kier molecular flexibility index (Phi) is 7.30. The third-order valence-electron chi connectivity index (χ3n) is 4.19. The molecule has 1 saturated heterocycles. The molecule has 0 saturated carbocycles. The molecule has 2 N–H and O–H groups in total. The molecular weight excluding hydrogens is 508 g/mol. The van der Waals surface area contributed by atoms with Crippen LogP contribution in [0.3, 0.4) is 0 Å². The number of nitrogens with zero attached hydrogens (tertiary/aromatic N) is 1. The van der Waals surface area contributed by atoms with E-state index < -0.39 is 12.6 Å². The number of carbonyl (C=O) groups is 2. The molecule has 2 aromatic carbocycles. The molecular formula is C21H18BrClN2O5S. The summed E-state index contributed by atoms with van der Waals surface area (Å²) in [4.78, 5) is 28.1. The minimum Gasteiger partial charge on any atom is -0.493 e. The lowest BCUT2D eigenvalue weighted by Gasteiger charge is -2.12. The summed E-state index contributed by atoms with van der Waals surface area (Å²) in [7, 11) is 1.42. The summed E-state index contributed by atoms with van der Waals surface area (Å²) < 4.78 is 11.5. The van der Waals surface area contributed by atoms with Crippen LogP contribution in [0.2, 0.25) is 5.02 Å². The monoisotopic (exact) mass is 524 g/mol. The molecule has 1 aliphatic heterocycles. The zero-order valence-electron chi connectivity index (χ0n) is 16.8. The number of amides is 1. The van der Waals surface area contributed by atoms with E-state index in [9.17, 15) is 9.59 Å². The van der Waals surface area contributed by atoms with E-state index >= 15 is 0 Å². The maximum Gasteiger partial charge on any atom is 0.341 e. The second-order valence-corrected chi connectivity index (χ2v) is 8.82. The van der Waals surface area contributed by atoms with Gasteiger partial charge in [0.05, 0.1) is 22.7 Å². The Hall–Kier alpha value is -2.49. The second-order valence-electron chi connectivity index (χ2n) is 6.59. The first-order valence-electron chi connectivity index (χ1n) is 8.96. The lowest BCUT2D eigenvalue weighted by Crippen LogP contribution is -2.19. The number of carboxylic acid groups (broad SMARTS) is 1. The van der Waals surface area contributed by atoms with Gasteiger partial charge in [0.25, 0.3) is 5.91 Å². The first-order valence-corrected chi connectivity index (χ1v) is 10.9. The topological polar surface area (TPSA) is 97.2 Å². The number of aliphatic carboxylic acids is 1. The third-order valence-corrected chi connectivity index (χ3v) is 6.63. The molecule has 1 aliphatic rings. The van der Waals surface area contributed by atoms with Crippen LogP contribution in [0.25, 0.3) is 6.08 Å². The highest BCUT2D eigenvalue weighted by Crippen LogP contribution is 2.38. The summed E-state index contributed by atoms with van der Waals surface area (Å²) in [5.74, 6) is -1.03. The highest BCUT2D eigenvalue weighted by Gasteiger charge is 2.24. The van der Waals surface area contributed by atoms with E-state index in [2.05, 4.69) is 26.2 Å². The van der Waals surface area contributed by atoms with Gasteiger partial charge < -0.3 is 19.9 Å². The minimum absolute atomic E-state index is 0.125. The van der Waals surface area contributed by atoms with Gasteiger partial charge in [-0.25, -0.2) is 9.79 Å². The van der Waals surface area contributed by atoms with Crippen molar-refractivity contribution in [1.82, 2.24) is 5.32 Å². The van der Waals surface area contributed by atoms with Crippen molar-refractivity contribution in [2.24, 2.45) is 4.99 Å². The Bertz CT molecular complexity index is 1110. The van der Waals surface area contributed by atoms with Crippen LogP contribution in [-0.2, 0) is 9.59 Å². The van der Waals surface area contributed by atoms with E-state index in [1.165, 1.54) is 18.9 Å². The number of rotatable bonds is 6. The number of amidine groups is 1. The molecule has 0 radical (unpaired) electrons. The van der Waals surface area contributed by atoms with Gasteiger partial charge in [-0.1, -0.05) is 27.5 Å². The van der Waals surface area contributed by atoms with Crippen LogP contribution in [0.5, 0.6) is 11.5 Å². The summed E-state index contributed by atoms with van der Waals surface area (Å²) >= 11 is 11.0. The van der Waals surface area contributed by atoms with Crippen molar-refractivity contribution in [3.05, 3.63) is 55.4 Å². The smallest absolute Gasteiger partial charge is 0.341 e. The molecule has 31 heavy (non-hydrogen) atoms. The Labute approximate surface area is 196 Å². The molecule has 0 bridgehead atoms. The van der Waals surface area contributed by atoms with Gasteiger partial charge in [-0.05, 0) is 72.6 Å². The SMILES string of the molecule is COc1cc(/C=C2\SC(=Nc3cc(C)c(Br)c(C)c3)NC2=O)cc(Cl)c1OCC(=O)O. The zero-order chi connectivity index (χ0) is 22.7. The number of methoxy groups -OCH3 is 1. The number of aliphatic imine (C=N–C) groups is 1. The fraction of sp³-hybridized carbons (Fsp3) is 0.190. The number of ether oxygens (including phenoxy) is 2. The molecule has 2 aromatic rings. The lowest BCUT2D eigenvalue weighted by atomic mass is 10.1. The molecule has 0 unspecified atom stereocenters.